The summed E-state index contributed by atoms with van der Waals surface area (Å²) in [5.41, 5.74) is 0.744. The van der Waals surface area contributed by atoms with Gasteiger partial charge in [-0.15, -0.1) is 0 Å². The lowest BCUT2D eigenvalue weighted by atomic mass is 10.0. The summed E-state index contributed by atoms with van der Waals surface area (Å²) in [7, 11) is -3.58. The number of ether oxygens (including phenoxy) is 1. The van der Waals surface area contributed by atoms with E-state index in [-0.39, 0.29) is 16.6 Å². The average molecular weight is 264 g/mol. The van der Waals surface area contributed by atoms with E-state index in [1.807, 2.05) is 13.8 Å². The average Bonchev–Trinajstić information content (AvgIpc) is 2.14. The fourth-order valence-electron chi connectivity index (χ4n) is 1.38. The number of alkyl halides is 2. The molecule has 0 bridgehead atoms. The van der Waals surface area contributed by atoms with E-state index in [0.29, 0.717) is 0 Å². The molecular weight excluding hydrogens is 250 g/mol. The van der Waals surface area contributed by atoms with Crippen molar-refractivity contribution >= 4 is 9.84 Å². The highest BCUT2D eigenvalue weighted by molar-refractivity contribution is 7.90. The van der Waals surface area contributed by atoms with E-state index in [1.54, 1.807) is 6.07 Å². The zero-order valence-corrected chi connectivity index (χ0v) is 10.6. The first kappa shape index (κ1) is 13.9. The molecule has 0 heterocycles. The third-order valence-corrected chi connectivity index (χ3v) is 3.39. The number of rotatable bonds is 4. The summed E-state index contributed by atoms with van der Waals surface area (Å²) in [5.74, 6) is -0.197. The van der Waals surface area contributed by atoms with E-state index in [1.165, 1.54) is 12.1 Å². The molecular formula is C11H14F2O3S. The summed E-state index contributed by atoms with van der Waals surface area (Å²) in [5, 5.41) is 0. The Bertz CT molecular complexity index is 495. The molecule has 0 aliphatic carbocycles. The number of hydrogen-bond donors (Lipinski definition) is 0. The van der Waals surface area contributed by atoms with Gasteiger partial charge in [-0.05, 0) is 23.6 Å². The number of halogens is 2. The first-order chi connectivity index (χ1) is 7.71. The lowest BCUT2D eigenvalue weighted by Crippen LogP contribution is -2.08. The molecule has 0 saturated heterocycles. The van der Waals surface area contributed by atoms with Gasteiger partial charge >= 0.3 is 6.61 Å². The van der Waals surface area contributed by atoms with Gasteiger partial charge in [0.05, 0.1) is 0 Å². The van der Waals surface area contributed by atoms with Crippen molar-refractivity contribution in [3.8, 4) is 5.75 Å². The predicted octanol–water partition coefficient (Wildman–Crippen LogP) is 2.81. The van der Waals surface area contributed by atoms with Crippen LogP contribution in [0, 0.1) is 0 Å². The maximum atomic E-state index is 12.2. The summed E-state index contributed by atoms with van der Waals surface area (Å²) < 4.78 is 51.4. The molecule has 0 aliphatic rings. The molecule has 0 aliphatic heterocycles. The van der Waals surface area contributed by atoms with Gasteiger partial charge in [-0.2, -0.15) is 8.78 Å². The van der Waals surface area contributed by atoms with Crippen LogP contribution in [-0.4, -0.2) is 21.3 Å². The zero-order chi connectivity index (χ0) is 13.2. The van der Waals surface area contributed by atoms with E-state index >= 15 is 0 Å². The van der Waals surface area contributed by atoms with E-state index in [9.17, 15) is 17.2 Å². The van der Waals surface area contributed by atoms with Gasteiger partial charge in [0.2, 0.25) is 0 Å². The van der Waals surface area contributed by atoms with Crippen molar-refractivity contribution in [1.29, 1.82) is 0 Å². The lowest BCUT2D eigenvalue weighted by molar-refractivity contribution is -0.0517. The molecule has 1 aromatic carbocycles. The Kier molecular flexibility index (Phi) is 4.08. The molecule has 96 valence electrons. The number of benzene rings is 1. The highest BCUT2D eigenvalue weighted by Gasteiger charge is 2.18. The van der Waals surface area contributed by atoms with Gasteiger partial charge in [-0.3, -0.25) is 0 Å². The summed E-state index contributed by atoms with van der Waals surface area (Å²) in [6.45, 7) is 0.710. The van der Waals surface area contributed by atoms with Crippen molar-refractivity contribution in [2.24, 2.45) is 0 Å². The van der Waals surface area contributed by atoms with E-state index in [0.717, 1.165) is 11.8 Å². The normalized spacial score (nSPS) is 12.2. The fourth-order valence-corrected chi connectivity index (χ4v) is 2.17. The van der Waals surface area contributed by atoms with Crippen LogP contribution in [0.3, 0.4) is 0 Å². The quantitative estimate of drug-likeness (QED) is 0.839. The summed E-state index contributed by atoms with van der Waals surface area (Å²) in [6.07, 6.45) is 0.954. The van der Waals surface area contributed by atoms with Crippen LogP contribution in [0.4, 0.5) is 8.78 Å². The Labute approximate surface area is 99.3 Å². The smallest absolute Gasteiger partial charge is 0.387 e. The van der Waals surface area contributed by atoms with Gasteiger partial charge in [0.25, 0.3) is 0 Å². The molecule has 0 aromatic heterocycles. The molecule has 0 spiro atoms. The molecule has 1 aromatic rings. The molecule has 0 N–H and O–H groups in total. The van der Waals surface area contributed by atoms with Gasteiger partial charge < -0.3 is 4.74 Å². The maximum absolute atomic E-state index is 12.2. The second-order valence-corrected chi connectivity index (χ2v) is 6.00. The Hall–Kier alpha value is -1.17. The first-order valence-electron chi connectivity index (χ1n) is 5.00. The molecule has 0 saturated carbocycles. The molecule has 3 nitrogen and oxygen atoms in total. The second kappa shape index (κ2) is 5.00. The van der Waals surface area contributed by atoms with E-state index in [4.69, 9.17) is 0 Å². The van der Waals surface area contributed by atoms with Crippen LogP contribution in [0.1, 0.15) is 25.3 Å². The Balaban J connectivity index is 3.32. The summed E-state index contributed by atoms with van der Waals surface area (Å²) >= 11 is 0. The van der Waals surface area contributed by atoms with Gasteiger partial charge in [0, 0.05) is 6.26 Å². The monoisotopic (exact) mass is 264 g/mol. The molecule has 0 atom stereocenters. The van der Waals surface area contributed by atoms with Gasteiger partial charge in [0.15, 0.2) is 9.84 Å². The first-order valence-corrected chi connectivity index (χ1v) is 6.89. The van der Waals surface area contributed by atoms with Crippen LogP contribution in [0.15, 0.2) is 23.1 Å². The third-order valence-electron chi connectivity index (χ3n) is 2.25. The minimum Gasteiger partial charge on any atom is -0.433 e. The van der Waals surface area contributed by atoms with Crippen molar-refractivity contribution in [3.05, 3.63) is 23.8 Å². The van der Waals surface area contributed by atoms with Crippen molar-refractivity contribution < 1.29 is 21.9 Å². The van der Waals surface area contributed by atoms with Gasteiger partial charge in [-0.1, -0.05) is 19.9 Å². The van der Waals surface area contributed by atoms with Crippen LogP contribution in [0.25, 0.3) is 0 Å². The SMILES string of the molecule is CC(C)c1ccc(S(C)(=O)=O)c(OC(F)F)c1. The fraction of sp³-hybridized carbons (Fsp3) is 0.455. The molecule has 17 heavy (non-hydrogen) atoms. The third kappa shape index (κ3) is 3.66. The van der Waals surface area contributed by atoms with Gasteiger partial charge in [-0.25, -0.2) is 8.42 Å². The van der Waals surface area contributed by atoms with Crippen molar-refractivity contribution in [1.82, 2.24) is 0 Å². The van der Waals surface area contributed by atoms with E-state index < -0.39 is 16.4 Å². The highest BCUT2D eigenvalue weighted by Crippen LogP contribution is 2.29. The van der Waals surface area contributed by atoms with Crippen LogP contribution in [0.2, 0.25) is 0 Å². The van der Waals surface area contributed by atoms with Crippen molar-refractivity contribution in [3.63, 3.8) is 0 Å². The molecule has 0 radical (unpaired) electrons. The predicted molar refractivity (Wildman–Crippen MR) is 60.3 cm³/mol. The maximum Gasteiger partial charge on any atom is 0.387 e. The number of sulfone groups is 1. The Morgan fingerprint density at radius 3 is 2.24 bits per heavy atom. The van der Waals surface area contributed by atoms with Crippen LogP contribution >= 0.6 is 0 Å². The topological polar surface area (TPSA) is 43.4 Å². The minimum atomic E-state index is -3.58. The Morgan fingerprint density at radius 2 is 1.82 bits per heavy atom. The Morgan fingerprint density at radius 1 is 1.24 bits per heavy atom. The highest BCUT2D eigenvalue weighted by atomic mass is 32.2. The van der Waals surface area contributed by atoms with Gasteiger partial charge in [0.1, 0.15) is 10.6 Å². The molecule has 0 unspecified atom stereocenters. The lowest BCUT2D eigenvalue weighted by Gasteiger charge is -2.13. The summed E-state index contributed by atoms with van der Waals surface area (Å²) in [4.78, 5) is -0.220. The van der Waals surface area contributed by atoms with Crippen LogP contribution in [-0.2, 0) is 9.84 Å². The van der Waals surface area contributed by atoms with E-state index in [2.05, 4.69) is 4.74 Å². The minimum absolute atomic E-state index is 0.101. The number of hydrogen-bond acceptors (Lipinski definition) is 3. The van der Waals surface area contributed by atoms with Crippen molar-refractivity contribution in [2.75, 3.05) is 6.26 Å². The largest absolute Gasteiger partial charge is 0.433 e. The van der Waals surface area contributed by atoms with Crippen molar-refractivity contribution in [2.45, 2.75) is 31.3 Å². The zero-order valence-electron chi connectivity index (χ0n) is 9.78. The van der Waals surface area contributed by atoms with Crippen LogP contribution in [0.5, 0.6) is 5.75 Å². The van der Waals surface area contributed by atoms with Crippen LogP contribution < -0.4 is 4.74 Å². The molecule has 1 rings (SSSR count). The summed E-state index contributed by atoms with van der Waals surface area (Å²) in [6, 6.07) is 4.23. The second-order valence-electron chi connectivity index (χ2n) is 4.01. The molecule has 6 heteroatoms. The molecule has 0 amide bonds. The molecule has 0 fully saturated rings. The standard InChI is InChI=1S/C11H14F2O3S/c1-7(2)8-4-5-10(17(3,14)15)9(6-8)16-11(12)13/h4-7,11H,1-3H3.